The van der Waals surface area contributed by atoms with Crippen LogP contribution in [0.5, 0.6) is 5.75 Å². The lowest BCUT2D eigenvalue weighted by Gasteiger charge is -2.50. The quantitative estimate of drug-likeness (QED) is 0.174. The second-order valence-electron chi connectivity index (χ2n) is 7.09. The van der Waals surface area contributed by atoms with Crippen molar-refractivity contribution < 1.29 is 33.6 Å². The Hall–Kier alpha value is -3.72. The Morgan fingerprint density at radius 3 is 2.71 bits per heavy atom. The number of fused-ring (bicyclic) bond motifs is 1. The van der Waals surface area contributed by atoms with Gasteiger partial charge in [-0.25, -0.2) is 4.57 Å². The van der Waals surface area contributed by atoms with Crippen LogP contribution in [0.2, 0.25) is 0 Å². The van der Waals surface area contributed by atoms with Gasteiger partial charge in [0.25, 0.3) is 11.8 Å². The molecule has 13 nitrogen and oxygen atoms in total. The Morgan fingerprint density at radius 1 is 1.38 bits per heavy atom. The van der Waals surface area contributed by atoms with Gasteiger partial charge in [-0.2, -0.15) is 9.36 Å². The molecule has 0 spiro atoms. The fourth-order valence-corrected chi connectivity index (χ4v) is 5.28. The summed E-state index contributed by atoms with van der Waals surface area (Å²) in [6, 6.07) is 2.50. The Morgan fingerprint density at radius 2 is 2.12 bits per heavy atom. The van der Waals surface area contributed by atoms with E-state index in [4.69, 9.17) is 15.3 Å². The highest BCUT2D eigenvalue weighted by molar-refractivity contribution is 8.00. The predicted molar refractivity (Wildman–Crippen MR) is 118 cm³/mol. The number of carbonyl (C=O) groups excluding carboxylic acids is 3. The van der Waals surface area contributed by atoms with Crippen molar-refractivity contribution in [2.45, 2.75) is 18.0 Å². The fraction of sp³-hybridized carbons (Fsp3) is 0.316. The molecule has 15 heteroatoms. The van der Waals surface area contributed by atoms with Crippen LogP contribution in [0.1, 0.15) is 5.82 Å². The standard InChI is InChI=1S/C19H19N7O6S2/c1-31-10-3-5-25(6-4-10)7-9-8-33-17-12(16(28)26(17)13(9)18(29)30)21-15(27)11(23-32-2)14-22-19(20)34-24-14/h3-6,12,17H,7-8H2,1-2H3,(H3-,20,21,22,24,27,29,30)/t12?,17-/m0/s1. The van der Waals surface area contributed by atoms with Crippen LogP contribution in [0.15, 0.2) is 41.0 Å². The number of methoxy groups -OCH3 is 1. The van der Waals surface area contributed by atoms with Gasteiger partial charge in [0.1, 0.15) is 24.3 Å². The number of rotatable bonds is 8. The number of hydrogen-bond acceptors (Lipinski definition) is 12. The van der Waals surface area contributed by atoms with Crippen molar-refractivity contribution in [3.05, 3.63) is 41.6 Å². The molecule has 2 aliphatic heterocycles. The zero-order valence-electron chi connectivity index (χ0n) is 18.0. The molecule has 2 aliphatic rings. The molecule has 0 radical (unpaired) electrons. The molecule has 0 saturated carbocycles. The monoisotopic (exact) mass is 505 g/mol. The van der Waals surface area contributed by atoms with Crippen molar-refractivity contribution in [1.29, 1.82) is 0 Å². The van der Waals surface area contributed by atoms with E-state index in [0.29, 0.717) is 17.1 Å². The Labute approximate surface area is 201 Å². The van der Waals surface area contributed by atoms with E-state index in [0.717, 1.165) is 16.4 Å². The number of anilines is 1. The number of nitrogens with zero attached hydrogens (tertiary/aromatic N) is 5. The lowest BCUT2D eigenvalue weighted by molar-refractivity contribution is -0.689. The molecule has 34 heavy (non-hydrogen) atoms. The minimum Gasteiger partial charge on any atom is -0.543 e. The lowest BCUT2D eigenvalue weighted by atomic mass is 10.0. The molecule has 0 aliphatic carbocycles. The molecule has 0 bridgehead atoms. The number of hydrogen-bond donors (Lipinski definition) is 2. The van der Waals surface area contributed by atoms with E-state index in [2.05, 4.69) is 19.8 Å². The third kappa shape index (κ3) is 4.38. The Balaban J connectivity index is 1.52. The maximum absolute atomic E-state index is 12.9. The number of β-lactam (4-membered cyclic amide) rings is 1. The molecular formula is C19H19N7O6S2. The maximum Gasteiger partial charge on any atom is 0.278 e. The van der Waals surface area contributed by atoms with Gasteiger partial charge in [-0.3, -0.25) is 14.5 Å². The summed E-state index contributed by atoms with van der Waals surface area (Å²) in [6.07, 6.45) is 3.48. The van der Waals surface area contributed by atoms with Gasteiger partial charge in [0.2, 0.25) is 11.5 Å². The molecule has 1 fully saturated rings. The van der Waals surface area contributed by atoms with E-state index < -0.39 is 29.2 Å². The van der Waals surface area contributed by atoms with Crippen molar-refractivity contribution >= 4 is 51.9 Å². The largest absolute Gasteiger partial charge is 0.543 e. The summed E-state index contributed by atoms with van der Waals surface area (Å²) in [5.41, 5.74) is 5.63. The van der Waals surface area contributed by atoms with Gasteiger partial charge in [-0.05, 0) is 0 Å². The van der Waals surface area contributed by atoms with Gasteiger partial charge in [0.05, 0.1) is 18.8 Å². The summed E-state index contributed by atoms with van der Waals surface area (Å²) in [5.74, 6) is -1.85. The summed E-state index contributed by atoms with van der Waals surface area (Å²) >= 11 is 2.20. The number of aromatic nitrogens is 3. The Bertz CT molecular complexity index is 1200. The minimum atomic E-state index is -1.46. The number of pyridine rings is 1. The number of carboxylic acids is 1. The van der Waals surface area contributed by atoms with Crippen LogP contribution in [0, 0.1) is 0 Å². The van der Waals surface area contributed by atoms with Crippen LogP contribution in [0.4, 0.5) is 5.13 Å². The first-order valence-corrected chi connectivity index (χ1v) is 11.6. The van der Waals surface area contributed by atoms with Crippen LogP contribution in [-0.2, 0) is 25.8 Å². The van der Waals surface area contributed by atoms with Crippen molar-refractivity contribution in [1.82, 2.24) is 19.6 Å². The summed E-state index contributed by atoms with van der Waals surface area (Å²) in [5, 5.41) is 17.7. The van der Waals surface area contributed by atoms with Gasteiger partial charge in [0.15, 0.2) is 24.1 Å². The molecule has 2 amide bonds. The highest BCUT2D eigenvalue weighted by Crippen LogP contribution is 2.40. The Kier molecular flexibility index (Phi) is 6.65. The molecule has 178 valence electrons. The van der Waals surface area contributed by atoms with Crippen molar-refractivity contribution in [2.75, 3.05) is 25.7 Å². The SMILES string of the molecule is CON=C(C(=O)NC1C(=O)N2C(C(=O)[O-])=C(C[n+]3ccc(OC)cc3)CS[C@@H]12)c1nsc(N)n1. The van der Waals surface area contributed by atoms with E-state index in [-0.39, 0.29) is 28.9 Å². The number of ether oxygens (including phenoxy) is 1. The number of nitrogens with two attached hydrogens (primary N) is 1. The maximum atomic E-state index is 12.9. The zero-order chi connectivity index (χ0) is 24.4. The third-order valence-corrected chi connectivity index (χ3v) is 6.93. The first-order valence-electron chi connectivity index (χ1n) is 9.76. The predicted octanol–water partition coefficient (Wildman–Crippen LogP) is -2.13. The molecule has 3 N–H and O–H groups in total. The van der Waals surface area contributed by atoms with Gasteiger partial charge < -0.3 is 30.5 Å². The van der Waals surface area contributed by atoms with E-state index in [1.54, 1.807) is 36.2 Å². The number of amides is 2. The number of aliphatic carboxylic acids is 1. The second-order valence-corrected chi connectivity index (χ2v) is 8.98. The molecule has 1 unspecified atom stereocenters. The number of carboxylic acid groups (broad SMARTS) is 1. The molecule has 1 saturated heterocycles. The second kappa shape index (κ2) is 9.64. The highest BCUT2D eigenvalue weighted by atomic mass is 32.2. The van der Waals surface area contributed by atoms with E-state index in [1.807, 2.05) is 0 Å². The van der Waals surface area contributed by atoms with Crippen LogP contribution < -0.4 is 25.5 Å². The average Bonchev–Trinajstić information content (AvgIpc) is 3.26. The van der Waals surface area contributed by atoms with Gasteiger partial charge in [0, 0.05) is 35.0 Å². The topological polar surface area (TPSA) is 176 Å². The van der Waals surface area contributed by atoms with Crippen molar-refractivity contribution in [3.63, 3.8) is 0 Å². The number of oxime groups is 1. The molecular weight excluding hydrogens is 486 g/mol. The summed E-state index contributed by atoms with van der Waals surface area (Å²) in [4.78, 5) is 47.3. The minimum absolute atomic E-state index is 0.0455. The van der Waals surface area contributed by atoms with E-state index >= 15 is 0 Å². The number of carbonyl (C=O) groups is 3. The zero-order valence-corrected chi connectivity index (χ0v) is 19.6. The smallest absolute Gasteiger partial charge is 0.278 e. The van der Waals surface area contributed by atoms with Crippen molar-refractivity contribution in [2.24, 2.45) is 5.16 Å². The van der Waals surface area contributed by atoms with Gasteiger partial charge in [-0.1, -0.05) is 5.16 Å². The number of nitrogens with one attached hydrogen (secondary N) is 1. The van der Waals surface area contributed by atoms with Crippen molar-refractivity contribution in [3.8, 4) is 5.75 Å². The van der Waals surface area contributed by atoms with Gasteiger partial charge >= 0.3 is 0 Å². The van der Waals surface area contributed by atoms with Crippen LogP contribution in [0.25, 0.3) is 0 Å². The molecule has 2 atom stereocenters. The normalized spacial score (nSPS) is 19.9. The highest BCUT2D eigenvalue weighted by Gasteiger charge is 2.53. The van der Waals surface area contributed by atoms with E-state index in [1.165, 1.54) is 18.9 Å². The average molecular weight is 506 g/mol. The number of thioether (sulfide) groups is 1. The summed E-state index contributed by atoms with van der Waals surface area (Å²) in [6.45, 7) is 0.245. The molecule has 4 heterocycles. The lowest BCUT2D eigenvalue weighted by Crippen LogP contribution is -2.71. The molecule has 2 aromatic heterocycles. The van der Waals surface area contributed by atoms with E-state index in [9.17, 15) is 19.5 Å². The summed E-state index contributed by atoms with van der Waals surface area (Å²) in [7, 11) is 2.79. The first-order chi connectivity index (χ1) is 16.3. The van der Waals surface area contributed by atoms with Crippen LogP contribution in [0.3, 0.4) is 0 Å². The summed E-state index contributed by atoms with van der Waals surface area (Å²) < 4.78 is 10.8. The first kappa shape index (κ1) is 23.4. The molecule has 2 aromatic rings. The fourth-order valence-electron chi connectivity index (χ4n) is 3.51. The van der Waals surface area contributed by atoms with Crippen LogP contribution in [-0.4, -0.2) is 69.1 Å². The molecule has 4 rings (SSSR count). The number of nitrogen functional groups attached to an aromatic ring is 1. The van der Waals surface area contributed by atoms with Gasteiger partial charge in [-0.15, -0.1) is 11.8 Å². The molecule has 0 aromatic carbocycles. The van der Waals surface area contributed by atoms with Crippen LogP contribution >= 0.6 is 23.3 Å². The third-order valence-electron chi connectivity index (χ3n) is 5.05.